The van der Waals surface area contributed by atoms with Crippen LogP contribution in [-0.2, 0) is 27.9 Å². The summed E-state index contributed by atoms with van der Waals surface area (Å²) in [7, 11) is -4.26. The number of allylic oxidation sites excluding steroid dienone is 12. The van der Waals surface area contributed by atoms with Crippen LogP contribution in [0.5, 0.6) is 0 Å². The Hall–Kier alpha value is -2.06. The van der Waals surface area contributed by atoms with Crippen LogP contribution in [0.2, 0.25) is 0 Å². The van der Waals surface area contributed by atoms with Crippen LogP contribution < -0.4 is 5.73 Å². The highest BCUT2D eigenvalue weighted by molar-refractivity contribution is 7.47. The van der Waals surface area contributed by atoms with E-state index >= 15 is 0 Å². The SMILES string of the molecule is CC/C=C\C/C=C\C/C=C\C/C=C\C/C=C\C/C=C\CCCCCCCOCC(COP(=O)(O)OCCN)OC(=O)CCCCC. The first-order valence-electron chi connectivity index (χ1n) is 17.4. The van der Waals surface area contributed by atoms with Crippen LogP contribution in [0.1, 0.15) is 117 Å². The highest BCUT2D eigenvalue weighted by atomic mass is 31.2. The van der Waals surface area contributed by atoms with Crippen molar-refractivity contribution in [2.75, 3.05) is 33.0 Å². The molecule has 0 spiro atoms. The quantitative estimate of drug-likeness (QED) is 0.0316. The second-order valence-electron chi connectivity index (χ2n) is 11.0. The Bertz CT molecular complexity index is 927. The van der Waals surface area contributed by atoms with Crippen molar-refractivity contribution in [3.05, 3.63) is 72.9 Å². The minimum absolute atomic E-state index is 0.0926. The van der Waals surface area contributed by atoms with Crippen LogP contribution in [0.4, 0.5) is 0 Å². The molecule has 0 aromatic rings. The van der Waals surface area contributed by atoms with E-state index in [9.17, 15) is 14.3 Å². The van der Waals surface area contributed by atoms with Gasteiger partial charge in [0, 0.05) is 19.6 Å². The fourth-order valence-electron chi connectivity index (χ4n) is 4.11. The minimum atomic E-state index is -4.26. The highest BCUT2D eigenvalue weighted by Crippen LogP contribution is 2.43. The lowest BCUT2D eigenvalue weighted by molar-refractivity contribution is -0.154. The molecular formula is C37H64NO7P. The second kappa shape index (κ2) is 34.3. The van der Waals surface area contributed by atoms with Gasteiger partial charge in [0.2, 0.25) is 0 Å². The van der Waals surface area contributed by atoms with Crippen molar-refractivity contribution < 1.29 is 32.8 Å². The standard InChI is InChI=1S/C37H64NO7P/c1-3-5-7-8-9-10-11-12-13-14-15-16-17-18-19-20-21-22-23-24-25-26-27-29-32-42-34-36(45-37(39)30-28-6-4-2)35-44-46(40,41)43-33-31-38/h5,7,9-10,12-13,15-16,18-19,21-22,36H,3-4,6,8,11,14,17,20,23-35,38H2,1-2H3,(H,40,41)/b7-5-,10-9-,13-12-,16-15-,19-18-,22-21-. The van der Waals surface area contributed by atoms with Gasteiger partial charge in [-0.05, 0) is 64.2 Å². The molecule has 0 saturated heterocycles. The lowest BCUT2D eigenvalue weighted by Gasteiger charge is -2.20. The number of carbonyl (C=O) groups excluding carboxylic acids is 1. The number of carbonyl (C=O) groups is 1. The maximum Gasteiger partial charge on any atom is 0.472 e. The van der Waals surface area contributed by atoms with Gasteiger partial charge in [-0.1, -0.05) is 119 Å². The zero-order valence-electron chi connectivity index (χ0n) is 28.8. The van der Waals surface area contributed by atoms with Crippen LogP contribution in [0.15, 0.2) is 72.9 Å². The van der Waals surface area contributed by atoms with E-state index in [-0.39, 0.29) is 32.3 Å². The monoisotopic (exact) mass is 665 g/mol. The average molecular weight is 666 g/mol. The Balaban J connectivity index is 3.91. The molecule has 3 N–H and O–H groups in total. The summed E-state index contributed by atoms with van der Waals surface area (Å²) in [6.07, 6.45) is 41.4. The Morgan fingerprint density at radius 2 is 1.22 bits per heavy atom. The number of hydrogen-bond donors (Lipinski definition) is 2. The largest absolute Gasteiger partial charge is 0.472 e. The molecule has 0 bridgehead atoms. The van der Waals surface area contributed by atoms with Gasteiger partial charge in [-0.25, -0.2) is 4.57 Å². The Labute approximate surface area is 280 Å². The summed E-state index contributed by atoms with van der Waals surface area (Å²) in [6.45, 7) is 4.54. The first-order valence-corrected chi connectivity index (χ1v) is 18.9. The highest BCUT2D eigenvalue weighted by Gasteiger charge is 2.25. The summed E-state index contributed by atoms with van der Waals surface area (Å²) in [5, 5.41) is 0. The fraction of sp³-hybridized carbons (Fsp3) is 0.649. The molecule has 0 radical (unpaired) electrons. The van der Waals surface area contributed by atoms with Crippen LogP contribution in [0, 0.1) is 0 Å². The minimum Gasteiger partial charge on any atom is -0.457 e. The number of rotatable bonds is 32. The van der Waals surface area contributed by atoms with Gasteiger partial charge in [-0.15, -0.1) is 0 Å². The Morgan fingerprint density at radius 1 is 0.674 bits per heavy atom. The van der Waals surface area contributed by atoms with E-state index in [0.29, 0.717) is 13.0 Å². The fourth-order valence-corrected chi connectivity index (χ4v) is 4.88. The molecule has 0 aliphatic carbocycles. The van der Waals surface area contributed by atoms with Crippen molar-refractivity contribution in [1.29, 1.82) is 0 Å². The third-order valence-corrected chi connectivity index (χ3v) is 7.62. The lowest BCUT2D eigenvalue weighted by Crippen LogP contribution is -2.28. The molecule has 46 heavy (non-hydrogen) atoms. The summed E-state index contributed by atoms with van der Waals surface area (Å²) in [5.74, 6) is -0.367. The van der Waals surface area contributed by atoms with Crippen molar-refractivity contribution >= 4 is 13.8 Å². The smallest absolute Gasteiger partial charge is 0.457 e. The number of hydrogen-bond acceptors (Lipinski definition) is 7. The van der Waals surface area contributed by atoms with Crippen molar-refractivity contribution in [3.63, 3.8) is 0 Å². The van der Waals surface area contributed by atoms with Gasteiger partial charge < -0.3 is 20.1 Å². The molecular weight excluding hydrogens is 601 g/mol. The van der Waals surface area contributed by atoms with Crippen LogP contribution >= 0.6 is 7.82 Å². The lowest BCUT2D eigenvalue weighted by atomic mass is 10.1. The third-order valence-electron chi connectivity index (χ3n) is 6.64. The molecule has 8 nitrogen and oxygen atoms in total. The molecule has 0 amide bonds. The van der Waals surface area contributed by atoms with E-state index in [1.165, 1.54) is 12.8 Å². The molecule has 9 heteroatoms. The molecule has 0 aliphatic heterocycles. The van der Waals surface area contributed by atoms with Crippen LogP contribution in [0.3, 0.4) is 0 Å². The summed E-state index contributed by atoms with van der Waals surface area (Å²) < 4.78 is 32.8. The zero-order valence-corrected chi connectivity index (χ0v) is 29.7. The number of esters is 1. The maximum atomic E-state index is 12.1. The third kappa shape index (κ3) is 33.3. The number of phosphoric ester groups is 1. The molecule has 0 aromatic carbocycles. The van der Waals surface area contributed by atoms with Gasteiger partial charge in [-0.2, -0.15) is 0 Å². The van der Waals surface area contributed by atoms with E-state index in [1.54, 1.807) is 0 Å². The molecule has 0 fully saturated rings. The van der Waals surface area contributed by atoms with Gasteiger partial charge in [-0.3, -0.25) is 13.8 Å². The van der Waals surface area contributed by atoms with E-state index in [4.69, 9.17) is 24.3 Å². The van der Waals surface area contributed by atoms with Gasteiger partial charge in [0.05, 0.1) is 19.8 Å². The van der Waals surface area contributed by atoms with Crippen molar-refractivity contribution in [2.45, 2.75) is 123 Å². The first-order chi connectivity index (χ1) is 22.4. The van der Waals surface area contributed by atoms with Gasteiger partial charge >= 0.3 is 13.8 Å². The molecule has 0 rings (SSSR count). The average Bonchev–Trinajstić information content (AvgIpc) is 3.04. The maximum absolute atomic E-state index is 12.1. The Kier molecular flexibility index (Phi) is 32.7. The van der Waals surface area contributed by atoms with Crippen LogP contribution in [0.25, 0.3) is 0 Å². The zero-order chi connectivity index (χ0) is 33.8. The van der Waals surface area contributed by atoms with E-state index in [1.807, 2.05) is 0 Å². The predicted octanol–water partition coefficient (Wildman–Crippen LogP) is 9.63. The summed E-state index contributed by atoms with van der Waals surface area (Å²) >= 11 is 0. The summed E-state index contributed by atoms with van der Waals surface area (Å²) in [4.78, 5) is 21.9. The van der Waals surface area contributed by atoms with E-state index in [2.05, 4.69) is 86.8 Å². The number of ether oxygens (including phenoxy) is 2. The number of unbranched alkanes of at least 4 members (excludes halogenated alkanes) is 7. The van der Waals surface area contributed by atoms with E-state index < -0.39 is 13.9 Å². The normalized spacial score (nSPS) is 14.6. The first kappa shape index (κ1) is 43.9. The summed E-state index contributed by atoms with van der Waals surface area (Å²) in [6, 6.07) is 0. The van der Waals surface area contributed by atoms with Gasteiger partial charge in [0.1, 0.15) is 6.10 Å². The topological polar surface area (TPSA) is 117 Å². The van der Waals surface area contributed by atoms with E-state index in [0.717, 1.165) is 83.5 Å². The van der Waals surface area contributed by atoms with Crippen molar-refractivity contribution in [1.82, 2.24) is 0 Å². The molecule has 2 atom stereocenters. The number of nitrogens with two attached hydrogens (primary N) is 1. The van der Waals surface area contributed by atoms with Crippen molar-refractivity contribution in [3.8, 4) is 0 Å². The molecule has 0 aliphatic rings. The second-order valence-corrected chi connectivity index (χ2v) is 12.5. The summed E-state index contributed by atoms with van der Waals surface area (Å²) in [5.41, 5.74) is 5.30. The molecule has 0 saturated carbocycles. The molecule has 264 valence electrons. The van der Waals surface area contributed by atoms with Gasteiger partial charge in [0.25, 0.3) is 0 Å². The van der Waals surface area contributed by atoms with Crippen LogP contribution in [-0.4, -0.2) is 49.9 Å². The molecule has 2 unspecified atom stereocenters. The molecule has 0 aromatic heterocycles. The van der Waals surface area contributed by atoms with Gasteiger partial charge in [0.15, 0.2) is 0 Å². The Morgan fingerprint density at radius 3 is 1.78 bits per heavy atom. The predicted molar refractivity (Wildman–Crippen MR) is 192 cm³/mol. The van der Waals surface area contributed by atoms with Crippen molar-refractivity contribution in [2.24, 2.45) is 5.73 Å². The molecule has 0 heterocycles. The number of phosphoric acid groups is 1.